The summed E-state index contributed by atoms with van der Waals surface area (Å²) in [6.45, 7) is 5.15. The maximum Gasteiger partial charge on any atom is 0.309 e. The van der Waals surface area contributed by atoms with Crippen molar-refractivity contribution in [3.63, 3.8) is 0 Å². The van der Waals surface area contributed by atoms with E-state index in [9.17, 15) is 4.79 Å². The van der Waals surface area contributed by atoms with Gasteiger partial charge in [0.05, 0.1) is 0 Å². The SMILES string of the molecule is CCCCCCC(C)CN[C]=O. The predicted molar refractivity (Wildman–Crippen MR) is 51.6 cm³/mol. The standard InChI is InChI=1S/C10H20NO/c1-3-4-5-6-7-10(2)8-11-9-12/h10H,3-8H2,1-2H3,(H,11,12). The van der Waals surface area contributed by atoms with Crippen LogP contribution in [0, 0.1) is 5.92 Å². The maximum absolute atomic E-state index is 9.85. The van der Waals surface area contributed by atoms with Crippen LogP contribution in [0.15, 0.2) is 0 Å². The van der Waals surface area contributed by atoms with Gasteiger partial charge >= 0.3 is 6.41 Å². The predicted octanol–water partition coefficient (Wildman–Crippen LogP) is 2.25. The normalized spacial score (nSPS) is 12.5. The van der Waals surface area contributed by atoms with E-state index in [2.05, 4.69) is 19.2 Å². The van der Waals surface area contributed by atoms with Crippen LogP contribution in [0.1, 0.15) is 46.0 Å². The molecule has 0 aliphatic heterocycles. The van der Waals surface area contributed by atoms with E-state index in [0.717, 1.165) is 6.54 Å². The van der Waals surface area contributed by atoms with Gasteiger partial charge in [0.1, 0.15) is 0 Å². The summed E-state index contributed by atoms with van der Waals surface area (Å²) < 4.78 is 0. The number of amides is 1. The molecular formula is C10H20NO. The lowest BCUT2D eigenvalue weighted by molar-refractivity contribution is 0.470. The Morgan fingerprint density at radius 2 is 2.08 bits per heavy atom. The fraction of sp³-hybridized carbons (Fsp3) is 0.900. The molecule has 0 aromatic heterocycles. The highest BCUT2D eigenvalue weighted by Gasteiger charge is 1.99. The average molecular weight is 170 g/mol. The van der Waals surface area contributed by atoms with Gasteiger partial charge in [0.15, 0.2) is 0 Å². The van der Waals surface area contributed by atoms with Crippen LogP contribution in [0.4, 0.5) is 0 Å². The number of hydrogen-bond acceptors (Lipinski definition) is 1. The molecule has 0 aliphatic carbocycles. The molecular weight excluding hydrogens is 150 g/mol. The lowest BCUT2D eigenvalue weighted by Crippen LogP contribution is -2.18. The Labute approximate surface area is 75.7 Å². The van der Waals surface area contributed by atoms with Crippen LogP contribution in [0.2, 0.25) is 0 Å². The first-order valence-electron chi connectivity index (χ1n) is 4.91. The molecule has 1 amide bonds. The Balaban J connectivity index is 3.07. The van der Waals surface area contributed by atoms with Crippen LogP contribution in [0.3, 0.4) is 0 Å². The summed E-state index contributed by atoms with van der Waals surface area (Å²) in [7, 11) is 0. The third-order valence-corrected chi connectivity index (χ3v) is 2.07. The lowest BCUT2D eigenvalue weighted by Gasteiger charge is -2.08. The van der Waals surface area contributed by atoms with Gasteiger partial charge in [-0.15, -0.1) is 0 Å². The van der Waals surface area contributed by atoms with Crippen molar-refractivity contribution in [1.29, 1.82) is 0 Å². The van der Waals surface area contributed by atoms with Gasteiger partial charge in [-0.05, 0) is 12.3 Å². The van der Waals surface area contributed by atoms with E-state index < -0.39 is 0 Å². The maximum atomic E-state index is 9.85. The first kappa shape index (κ1) is 11.5. The summed E-state index contributed by atoms with van der Waals surface area (Å²) in [5.74, 6) is 0.600. The molecule has 1 unspecified atom stereocenters. The Morgan fingerprint density at radius 3 is 2.67 bits per heavy atom. The molecule has 0 heterocycles. The Bertz CT molecular complexity index is 104. The minimum atomic E-state index is 0.600. The molecule has 0 aliphatic rings. The summed E-state index contributed by atoms with van der Waals surface area (Å²) >= 11 is 0. The molecule has 1 N–H and O–H groups in total. The quantitative estimate of drug-likeness (QED) is 0.439. The number of carbonyl (C=O) groups excluding carboxylic acids is 1. The number of unbranched alkanes of at least 4 members (excludes halogenated alkanes) is 3. The van der Waals surface area contributed by atoms with Crippen LogP contribution in [0.5, 0.6) is 0 Å². The van der Waals surface area contributed by atoms with Gasteiger partial charge in [-0.2, -0.15) is 0 Å². The number of rotatable bonds is 8. The fourth-order valence-electron chi connectivity index (χ4n) is 1.24. The van der Waals surface area contributed by atoms with E-state index in [1.54, 1.807) is 6.41 Å². The van der Waals surface area contributed by atoms with E-state index in [1.807, 2.05) is 0 Å². The largest absolute Gasteiger partial charge is 0.348 e. The molecule has 0 saturated carbocycles. The van der Waals surface area contributed by atoms with Crippen LogP contribution >= 0.6 is 0 Å². The lowest BCUT2D eigenvalue weighted by atomic mass is 10.0. The Morgan fingerprint density at radius 1 is 1.33 bits per heavy atom. The molecule has 0 bridgehead atoms. The molecule has 0 fully saturated rings. The van der Waals surface area contributed by atoms with E-state index in [1.165, 1.54) is 32.1 Å². The molecule has 0 rings (SSSR count). The van der Waals surface area contributed by atoms with E-state index >= 15 is 0 Å². The minimum Gasteiger partial charge on any atom is -0.348 e. The second kappa shape index (κ2) is 8.57. The third kappa shape index (κ3) is 7.58. The van der Waals surface area contributed by atoms with E-state index in [4.69, 9.17) is 0 Å². The van der Waals surface area contributed by atoms with Crippen LogP contribution in [-0.2, 0) is 4.79 Å². The van der Waals surface area contributed by atoms with E-state index in [0.29, 0.717) is 5.92 Å². The highest BCUT2D eigenvalue weighted by molar-refractivity contribution is 5.46. The van der Waals surface area contributed by atoms with Crippen molar-refractivity contribution >= 4 is 6.41 Å². The van der Waals surface area contributed by atoms with Gasteiger partial charge in [-0.1, -0.05) is 39.5 Å². The topological polar surface area (TPSA) is 29.1 Å². The van der Waals surface area contributed by atoms with Gasteiger partial charge in [-0.25, -0.2) is 0 Å². The Kier molecular flexibility index (Phi) is 8.19. The molecule has 12 heavy (non-hydrogen) atoms. The molecule has 1 atom stereocenters. The summed E-state index contributed by atoms with van der Waals surface area (Å²) in [5.41, 5.74) is 0. The van der Waals surface area contributed by atoms with Crippen molar-refractivity contribution in [1.82, 2.24) is 5.32 Å². The third-order valence-electron chi connectivity index (χ3n) is 2.07. The molecule has 1 radical (unpaired) electrons. The molecule has 71 valence electrons. The minimum absolute atomic E-state index is 0.600. The van der Waals surface area contributed by atoms with Gasteiger partial charge in [0.2, 0.25) is 0 Å². The van der Waals surface area contributed by atoms with Crippen molar-refractivity contribution in [2.24, 2.45) is 5.92 Å². The molecule has 0 aromatic rings. The summed E-state index contributed by atoms with van der Waals surface area (Å²) in [6.07, 6.45) is 8.15. The monoisotopic (exact) mass is 170 g/mol. The second-order valence-electron chi connectivity index (χ2n) is 3.44. The summed E-state index contributed by atoms with van der Waals surface area (Å²) in [6, 6.07) is 0. The first-order chi connectivity index (χ1) is 5.81. The smallest absolute Gasteiger partial charge is 0.309 e. The zero-order valence-corrected chi connectivity index (χ0v) is 8.23. The highest BCUT2D eigenvalue weighted by atomic mass is 16.1. The van der Waals surface area contributed by atoms with Gasteiger partial charge in [0.25, 0.3) is 0 Å². The fourth-order valence-corrected chi connectivity index (χ4v) is 1.24. The van der Waals surface area contributed by atoms with Gasteiger partial charge in [-0.3, -0.25) is 4.79 Å². The highest BCUT2D eigenvalue weighted by Crippen LogP contribution is 2.09. The molecule has 2 nitrogen and oxygen atoms in total. The zero-order valence-electron chi connectivity index (χ0n) is 8.23. The first-order valence-corrected chi connectivity index (χ1v) is 4.91. The van der Waals surface area contributed by atoms with Crippen molar-refractivity contribution in [2.75, 3.05) is 6.54 Å². The molecule has 2 heteroatoms. The molecule has 0 aromatic carbocycles. The van der Waals surface area contributed by atoms with Crippen molar-refractivity contribution in [3.05, 3.63) is 0 Å². The van der Waals surface area contributed by atoms with Crippen LogP contribution in [0.25, 0.3) is 0 Å². The van der Waals surface area contributed by atoms with Gasteiger partial charge < -0.3 is 5.32 Å². The average Bonchev–Trinajstić information content (AvgIpc) is 2.09. The zero-order chi connectivity index (χ0) is 9.23. The van der Waals surface area contributed by atoms with Crippen molar-refractivity contribution in [2.45, 2.75) is 46.0 Å². The van der Waals surface area contributed by atoms with Gasteiger partial charge in [0, 0.05) is 6.54 Å². The summed E-state index contributed by atoms with van der Waals surface area (Å²) in [5, 5.41) is 2.58. The van der Waals surface area contributed by atoms with E-state index in [-0.39, 0.29) is 0 Å². The Hall–Kier alpha value is -0.530. The molecule has 0 spiro atoms. The number of nitrogens with one attached hydrogen (secondary N) is 1. The van der Waals surface area contributed by atoms with Crippen molar-refractivity contribution in [3.8, 4) is 0 Å². The molecule has 0 saturated heterocycles. The number of hydrogen-bond donors (Lipinski definition) is 1. The second-order valence-corrected chi connectivity index (χ2v) is 3.44. The van der Waals surface area contributed by atoms with Crippen LogP contribution in [-0.4, -0.2) is 13.0 Å². The van der Waals surface area contributed by atoms with Crippen LogP contribution < -0.4 is 5.32 Å². The van der Waals surface area contributed by atoms with Crippen molar-refractivity contribution < 1.29 is 4.79 Å². The summed E-state index contributed by atoms with van der Waals surface area (Å²) in [4.78, 5) is 9.85.